The Kier molecular flexibility index (Phi) is 6.82. The van der Waals surface area contributed by atoms with Gasteiger partial charge in [0.1, 0.15) is 5.75 Å². The predicted molar refractivity (Wildman–Crippen MR) is 98.5 cm³/mol. The largest absolute Gasteiger partial charge is 0.492 e. The first-order valence-corrected chi connectivity index (χ1v) is 8.98. The highest BCUT2D eigenvalue weighted by Gasteiger charge is 2.36. The minimum atomic E-state index is -0.358. The minimum absolute atomic E-state index is 0.0487. The van der Waals surface area contributed by atoms with Crippen LogP contribution < -0.4 is 20.7 Å². The third kappa shape index (κ3) is 4.95. The number of nitrogens with zero attached hydrogens (tertiary/aromatic N) is 1. The monoisotopic (exact) mass is 347 g/mol. The van der Waals surface area contributed by atoms with Crippen LogP contribution in [0.25, 0.3) is 0 Å². The van der Waals surface area contributed by atoms with Gasteiger partial charge in [0.2, 0.25) is 11.8 Å². The molecule has 0 spiro atoms. The van der Waals surface area contributed by atoms with Crippen molar-refractivity contribution in [3.63, 3.8) is 0 Å². The molecule has 1 saturated heterocycles. The molecule has 1 aromatic rings. The summed E-state index contributed by atoms with van der Waals surface area (Å²) in [4.78, 5) is 26.6. The molecule has 138 valence electrons. The molecule has 1 aliphatic rings. The average Bonchev–Trinajstić information content (AvgIpc) is 2.96. The van der Waals surface area contributed by atoms with Crippen LogP contribution in [-0.2, 0) is 9.59 Å². The third-order valence-corrected chi connectivity index (χ3v) is 4.34. The Hall–Kier alpha value is -2.08. The van der Waals surface area contributed by atoms with Crippen molar-refractivity contribution in [2.24, 2.45) is 17.6 Å². The van der Waals surface area contributed by atoms with E-state index in [1.54, 1.807) is 4.90 Å². The lowest BCUT2D eigenvalue weighted by molar-refractivity contribution is -0.127. The highest BCUT2D eigenvalue weighted by atomic mass is 16.5. The van der Waals surface area contributed by atoms with E-state index >= 15 is 0 Å². The summed E-state index contributed by atoms with van der Waals surface area (Å²) >= 11 is 0. The number of nitrogens with two attached hydrogens (primary N) is 1. The van der Waals surface area contributed by atoms with E-state index < -0.39 is 0 Å². The summed E-state index contributed by atoms with van der Waals surface area (Å²) in [5.41, 5.74) is 6.48. The number of hydrogen-bond donors (Lipinski definition) is 2. The van der Waals surface area contributed by atoms with Gasteiger partial charge in [-0.25, -0.2) is 0 Å². The first kappa shape index (κ1) is 19.2. The van der Waals surface area contributed by atoms with E-state index in [1.807, 2.05) is 31.2 Å². The molecule has 1 aromatic carbocycles. The summed E-state index contributed by atoms with van der Waals surface area (Å²) in [6, 6.07) is 7.38. The molecule has 0 bridgehead atoms. The molecule has 3 N–H and O–H groups in total. The van der Waals surface area contributed by atoms with Crippen molar-refractivity contribution >= 4 is 17.5 Å². The van der Waals surface area contributed by atoms with Gasteiger partial charge in [-0.2, -0.15) is 0 Å². The van der Waals surface area contributed by atoms with Crippen LogP contribution in [0.3, 0.4) is 0 Å². The quantitative estimate of drug-likeness (QED) is 0.752. The molecule has 2 rings (SSSR count). The maximum Gasteiger partial charge on any atom is 0.227 e. The molecule has 0 aromatic heterocycles. The number of para-hydroxylation sites is 2. The van der Waals surface area contributed by atoms with E-state index in [-0.39, 0.29) is 30.2 Å². The highest BCUT2D eigenvalue weighted by Crippen LogP contribution is 2.33. The van der Waals surface area contributed by atoms with Crippen molar-refractivity contribution in [3.8, 4) is 5.75 Å². The lowest BCUT2D eigenvalue weighted by Gasteiger charge is -2.22. The van der Waals surface area contributed by atoms with Gasteiger partial charge in [0.15, 0.2) is 0 Å². The SMILES string of the molecule is CCOc1ccccc1N1CC(C(=O)NC(CN)CC(C)C)CC1=O. The first-order valence-electron chi connectivity index (χ1n) is 8.98. The van der Waals surface area contributed by atoms with Crippen LogP contribution >= 0.6 is 0 Å². The van der Waals surface area contributed by atoms with Gasteiger partial charge < -0.3 is 20.7 Å². The van der Waals surface area contributed by atoms with Crippen molar-refractivity contribution < 1.29 is 14.3 Å². The molecule has 1 fully saturated rings. The Labute approximate surface area is 149 Å². The number of anilines is 1. The number of carbonyl (C=O) groups excluding carboxylic acids is 2. The second-order valence-corrected chi connectivity index (χ2v) is 6.88. The summed E-state index contributed by atoms with van der Waals surface area (Å²) in [6.07, 6.45) is 1.05. The lowest BCUT2D eigenvalue weighted by atomic mass is 10.0. The molecular weight excluding hydrogens is 318 g/mol. The molecule has 0 saturated carbocycles. The van der Waals surface area contributed by atoms with E-state index in [0.717, 1.165) is 12.1 Å². The van der Waals surface area contributed by atoms with E-state index in [2.05, 4.69) is 19.2 Å². The Morgan fingerprint density at radius 2 is 2.12 bits per heavy atom. The number of amides is 2. The Balaban J connectivity index is 2.06. The standard InChI is InChI=1S/C19H29N3O3/c1-4-25-17-8-6-5-7-16(17)22-12-14(10-18(22)23)19(24)21-15(11-20)9-13(2)3/h5-8,13-15H,4,9-12,20H2,1-3H3,(H,21,24). The van der Waals surface area contributed by atoms with Crippen molar-refractivity contribution in [1.29, 1.82) is 0 Å². The summed E-state index contributed by atoms with van der Waals surface area (Å²) < 4.78 is 5.61. The van der Waals surface area contributed by atoms with E-state index in [1.165, 1.54) is 0 Å². The maximum absolute atomic E-state index is 12.6. The average molecular weight is 347 g/mol. The summed E-state index contributed by atoms with van der Waals surface area (Å²) in [6.45, 7) is 7.40. The first-order chi connectivity index (χ1) is 12.0. The van der Waals surface area contributed by atoms with E-state index in [9.17, 15) is 9.59 Å². The zero-order valence-electron chi connectivity index (χ0n) is 15.3. The molecule has 0 radical (unpaired) electrons. The van der Waals surface area contributed by atoms with Crippen LogP contribution in [-0.4, -0.2) is 37.6 Å². The van der Waals surface area contributed by atoms with Gasteiger partial charge in [-0.1, -0.05) is 26.0 Å². The van der Waals surface area contributed by atoms with Crippen LogP contribution in [0.1, 0.15) is 33.6 Å². The molecule has 2 atom stereocenters. The molecule has 1 aliphatic heterocycles. The number of ether oxygens (including phenoxy) is 1. The summed E-state index contributed by atoms with van der Waals surface area (Å²) in [5, 5.41) is 3.00. The Morgan fingerprint density at radius 1 is 1.40 bits per heavy atom. The molecule has 25 heavy (non-hydrogen) atoms. The number of carbonyl (C=O) groups is 2. The van der Waals surface area contributed by atoms with Gasteiger partial charge in [0, 0.05) is 25.6 Å². The van der Waals surface area contributed by atoms with Gasteiger partial charge in [-0.3, -0.25) is 9.59 Å². The fraction of sp³-hybridized carbons (Fsp3) is 0.579. The lowest BCUT2D eigenvalue weighted by Crippen LogP contribution is -2.44. The number of nitrogens with one attached hydrogen (secondary N) is 1. The van der Waals surface area contributed by atoms with Crippen LogP contribution in [0.2, 0.25) is 0 Å². The molecule has 2 amide bonds. The molecule has 2 unspecified atom stereocenters. The fourth-order valence-electron chi connectivity index (χ4n) is 3.18. The van der Waals surface area contributed by atoms with Crippen LogP contribution in [0.4, 0.5) is 5.69 Å². The Bertz CT molecular complexity index is 603. The second kappa shape index (κ2) is 8.85. The van der Waals surface area contributed by atoms with E-state index in [0.29, 0.717) is 31.4 Å². The van der Waals surface area contributed by atoms with Crippen molar-refractivity contribution in [3.05, 3.63) is 24.3 Å². The van der Waals surface area contributed by atoms with Gasteiger partial charge in [-0.15, -0.1) is 0 Å². The summed E-state index contributed by atoms with van der Waals surface area (Å²) in [7, 11) is 0. The normalized spacial score (nSPS) is 18.5. The zero-order valence-corrected chi connectivity index (χ0v) is 15.3. The molecular formula is C19H29N3O3. The molecule has 6 nitrogen and oxygen atoms in total. The maximum atomic E-state index is 12.6. The fourth-order valence-corrected chi connectivity index (χ4v) is 3.18. The van der Waals surface area contributed by atoms with Crippen LogP contribution in [0, 0.1) is 11.8 Å². The smallest absolute Gasteiger partial charge is 0.227 e. The van der Waals surface area contributed by atoms with E-state index in [4.69, 9.17) is 10.5 Å². The minimum Gasteiger partial charge on any atom is -0.492 e. The number of benzene rings is 1. The molecule has 1 heterocycles. The highest BCUT2D eigenvalue weighted by molar-refractivity contribution is 6.01. The van der Waals surface area contributed by atoms with Crippen molar-refractivity contribution in [2.75, 3.05) is 24.6 Å². The van der Waals surface area contributed by atoms with Gasteiger partial charge in [0.05, 0.1) is 18.2 Å². The third-order valence-electron chi connectivity index (χ3n) is 4.34. The van der Waals surface area contributed by atoms with Crippen molar-refractivity contribution in [1.82, 2.24) is 5.32 Å². The molecule has 0 aliphatic carbocycles. The Morgan fingerprint density at radius 3 is 2.76 bits per heavy atom. The topological polar surface area (TPSA) is 84.7 Å². The summed E-state index contributed by atoms with van der Waals surface area (Å²) in [5.74, 6) is 0.609. The second-order valence-electron chi connectivity index (χ2n) is 6.88. The predicted octanol–water partition coefficient (Wildman–Crippen LogP) is 1.93. The van der Waals surface area contributed by atoms with Gasteiger partial charge >= 0.3 is 0 Å². The number of hydrogen-bond acceptors (Lipinski definition) is 4. The molecule has 6 heteroatoms. The van der Waals surface area contributed by atoms with Crippen LogP contribution in [0.15, 0.2) is 24.3 Å². The van der Waals surface area contributed by atoms with Crippen molar-refractivity contribution in [2.45, 2.75) is 39.7 Å². The van der Waals surface area contributed by atoms with Gasteiger partial charge in [-0.05, 0) is 31.4 Å². The van der Waals surface area contributed by atoms with Gasteiger partial charge in [0.25, 0.3) is 0 Å². The number of rotatable bonds is 8. The zero-order chi connectivity index (χ0) is 18.4. The van der Waals surface area contributed by atoms with Crippen LogP contribution in [0.5, 0.6) is 5.75 Å².